The molecule has 1 heterocycles. The Kier molecular flexibility index (Phi) is 5.35. The first-order valence-electron chi connectivity index (χ1n) is 8.48. The molecule has 0 spiro atoms. The summed E-state index contributed by atoms with van der Waals surface area (Å²) < 4.78 is 5.28. The fourth-order valence-corrected chi connectivity index (χ4v) is 3.01. The van der Waals surface area contributed by atoms with Crippen molar-refractivity contribution in [2.45, 2.75) is 12.8 Å². The summed E-state index contributed by atoms with van der Waals surface area (Å²) in [5, 5.41) is 10.9. The van der Waals surface area contributed by atoms with Gasteiger partial charge in [0.1, 0.15) is 12.4 Å². The van der Waals surface area contributed by atoms with E-state index in [1.807, 2.05) is 0 Å². The van der Waals surface area contributed by atoms with E-state index in [1.54, 1.807) is 29.2 Å². The zero-order chi connectivity index (χ0) is 19.4. The summed E-state index contributed by atoms with van der Waals surface area (Å²) in [5.74, 6) is 0.0536. The number of anilines is 1. The molecule has 0 atom stereocenters. The Morgan fingerprint density at radius 3 is 2.52 bits per heavy atom. The number of likely N-dealkylation sites (tertiary alicyclic amines) is 1. The van der Waals surface area contributed by atoms with Gasteiger partial charge in [0.25, 0.3) is 11.6 Å². The van der Waals surface area contributed by atoms with E-state index < -0.39 is 4.92 Å². The molecule has 0 aliphatic carbocycles. The third kappa shape index (κ3) is 3.89. The molecule has 0 unspecified atom stereocenters. The molecule has 3 rings (SSSR count). The van der Waals surface area contributed by atoms with Crippen LogP contribution in [-0.4, -0.2) is 42.0 Å². The number of hydrogen-bond acceptors (Lipinski definition) is 5. The highest BCUT2D eigenvalue weighted by Crippen LogP contribution is 2.26. The molecule has 0 saturated carbocycles. The standard InChI is InChI=1S/C19H19N3O5/c1-27-17-6-3-2-5-16(17)19(24)21(13-20-12-4-7-18(20)23)14-8-10-15(11-9-14)22(25)26/h2-3,5-6,8-11H,4,7,12-13H2,1H3. The highest BCUT2D eigenvalue weighted by atomic mass is 16.6. The van der Waals surface area contributed by atoms with Crippen LogP contribution in [-0.2, 0) is 4.79 Å². The molecule has 140 valence electrons. The lowest BCUT2D eigenvalue weighted by atomic mass is 10.1. The van der Waals surface area contributed by atoms with E-state index in [0.29, 0.717) is 30.0 Å². The number of benzene rings is 2. The van der Waals surface area contributed by atoms with E-state index >= 15 is 0 Å². The van der Waals surface area contributed by atoms with Gasteiger partial charge in [0.05, 0.1) is 17.6 Å². The number of nitro groups is 1. The lowest BCUT2D eigenvalue weighted by Gasteiger charge is -2.28. The van der Waals surface area contributed by atoms with Crippen molar-refractivity contribution in [3.8, 4) is 5.75 Å². The van der Waals surface area contributed by atoms with E-state index in [4.69, 9.17) is 4.74 Å². The molecule has 1 aliphatic rings. The summed E-state index contributed by atoms with van der Waals surface area (Å²) in [6.45, 7) is 0.648. The number of nitrogens with zero attached hydrogens (tertiary/aromatic N) is 3. The van der Waals surface area contributed by atoms with E-state index in [-0.39, 0.29) is 24.2 Å². The van der Waals surface area contributed by atoms with Crippen LogP contribution in [0.15, 0.2) is 48.5 Å². The maximum Gasteiger partial charge on any atom is 0.269 e. The van der Waals surface area contributed by atoms with Crippen molar-refractivity contribution in [3.63, 3.8) is 0 Å². The van der Waals surface area contributed by atoms with Gasteiger partial charge in [-0.05, 0) is 30.7 Å². The number of hydrogen-bond donors (Lipinski definition) is 0. The molecule has 0 radical (unpaired) electrons. The van der Waals surface area contributed by atoms with Crippen LogP contribution in [0.2, 0.25) is 0 Å². The largest absolute Gasteiger partial charge is 0.496 e. The van der Waals surface area contributed by atoms with Gasteiger partial charge >= 0.3 is 0 Å². The Balaban J connectivity index is 1.97. The average Bonchev–Trinajstić information content (AvgIpc) is 3.10. The SMILES string of the molecule is COc1ccccc1C(=O)N(CN1CCCC1=O)c1ccc([N+](=O)[O-])cc1. The van der Waals surface area contributed by atoms with Crippen LogP contribution >= 0.6 is 0 Å². The van der Waals surface area contributed by atoms with Crippen molar-refractivity contribution >= 4 is 23.2 Å². The molecule has 8 nitrogen and oxygen atoms in total. The van der Waals surface area contributed by atoms with Crippen LogP contribution in [0.5, 0.6) is 5.75 Å². The van der Waals surface area contributed by atoms with Crippen molar-refractivity contribution < 1.29 is 19.2 Å². The molecular weight excluding hydrogens is 350 g/mol. The fraction of sp³-hybridized carbons (Fsp3) is 0.263. The van der Waals surface area contributed by atoms with Crippen LogP contribution < -0.4 is 9.64 Å². The van der Waals surface area contributed by atoms with Crippen molar-refractivity contribution in [3.05, 3.63) is 64.2 Å². The number of methoxy groups -OCH3 is 1. The summed E-state index contributed by atoms with van der Waals surface area (Å²) >= 11 is 0. The molecule has 0 N–H and O–H groups in total. The Morgan fingerprint density at radius 2 is 1.93 bits per heavy atom. The van der Waals surface area contributed by atoms with Crippen LogP contribution in [0.3, 0.4) is 0 Å². The van der Waals surface area contributed by atoms with Crippen LogP contribution in [0.25, 0.3) is 0 Å². The molecule has 1 saturated heterocycles. The maximum absolute atomic E-state index is 13.2. The minimum absolute atomic E-state index is 0.0188. The van der Waals surface area contributed by atoms with Gasteiger partial charge in [0, 0.05) is 30.8 Å². The Bertz CT molecular complexity index is 866. The number of carbonyl (C=O) groups is 2. The lowest BCUT2D eigenvalue weighted by molar-refractivity contribution is -0.384. The van der Waals surface area contributed by atoms with Crippen LogP contribution in [0, 0.1) is 10.1 Å². The second-order valence-corrected chi connectivity index (χ2v) is 6.11. The monoisotopic (exact) mass is 369 g/mol. The first kappa shape index (κ1) is 18.4. The summed E-state index contributed by atoms with van der Waals surface area (Å²) in [6.07, 6.45) is 1.20. The van der Waals surface area contributed by atoms with Crippen LogP contribution in [0.4, 0.5) is 11.4 Å². The topological polar surface area (TPSA) is 93.0 Å². The molecule has 2 aromatic carbocycles. The van der Waals surface area contributed by atoms with Gasteiger partial charge in [0.2, 0.25) is 5.91 Å². The minimum Gasteiger partial charge on any atom is -0.496 e. The zero-order valence-corrected chi connectivity index (χ0v) is 14.8. The number of amides is 2. The molecule has 1 fully saturated rings. The molecule has 1 aliphatic heterocycles. The minimum atomic E-state index is -0.500. The van der Waals surface area contributed by atoms with Gasteiger partial charge in [0.15, 0.2) is 0 Å². The third-order valence-electron chi connectivity index (χ3n) is 4.44. The molecule has 2 amide bonds. The first-order chi connectivity index (χ1) is 13.0. The highest BCUT2D eigenvalue weighted by molar-refractivity contribution is 6.08. The van der Waals surface area contributed by atoms with Gasteiger partial charge in [-0.15, -0.1) is 0 Å². The average molecular weight is 369 g/mol. The highest BCUT2D eigenvalue weighted by Gasteiger charge is 2.28. The van der Waals surface area contributed by atoms with Gasteiger partial charge in [-0.1, -0.05) is 12.1 Å². The Labute approximate surface area is 156 Å². The number of rotatable bonds is 6. The normalized spacial score (nSPS) is 13.5. The van der Waals surface area contributed by atoms with E-state index in [2.05, 4.69) is 0 Å². The van der Waals surface area contributed by atoms with E-state index in [9.17, 15) is 19.7 Å². The maximum atomic E-state index is 13.2. The molecule has 0 aromatic heterocycles. The third-order valence-corrected chi connectivity index (χ3v) is 4.44. The number of nitro benzene ring substituents is 1. The number of non-ortho nitro benzene ring substituents is 1. The summed E-state index contributed by atoms with van der Waals surface area (Å²) in [6, 6.07) is 12.5. The second kappa shape index (κ2) is 7.86. The molecular formula is C19H19N3O5. The predicted octanol–water partition coefficient (Wildman–Crippen LogP) is 2.83. The van der Waals surface area contributed by atoms with Crippen molar-refractivity contribution in [2.24, 2.45) is 0 Å². The van der Waals surface area contributed by atoms with Crippen molar-refractivity contribution in [1.82, 2.24) is 4.90 Å². The van der Waals surface area contributed by atoms with Crippen LogP contribution in [0.1, 0.15) is 23.2 Å². The predicted molar refractivity (Wildman–Crippen MR) is 98.7 cm³/mol. The molecule has 0 bridgehead atoms. The second-order valence-electron chi connectivity index (χ2n) is 6.11. The smallest absolute Gasteiger partial charge is 0.269 e. The van der Waals surface area contributed by atoms with Gasteiger partial charge < -0.3 is 9.64 Å². The van der Waals surface area contributed by atoms with Crippen molar-refractivity contribution in [2.75, 3.05) is 25.2 Å². The van der Waals surface area contributed by atoms with E-state index in [0.717, 1.165) is 6.42 Å². The van der Waals surface area contributed by atoms with Gasteiger partial charge in [-0.2, -0.15) is 0 Å². The Hall–Kier alpha value is -3.42. The fourth-order valence-electron chi connectivity index (χ4n) is 3.01. The quantitative estimate of drug-likeness (QED) is 0.577. The number of para-hydroxylation sites is 1. The molecule has 2 aromatic rings. The number of ether oxygens (including phenoxy) is 1. The van der Waals surface area contributed by atoms with Gasteiger partial charge in [-0.3, -0.25) is 24.6 Å². The van der Waals surface area contributed by atoms with E-state index in [1.165, 1.54) is 36.3 Å². The molecule has 8 heteroatoms. The van der Waals surface area contributed by atoms with Crippen molar-refractivity contribution in [1.29, 1.82) is 0 Å². The lowest BCUT2D eigenvalue weighted by Crippen LogP contribution is -2.42. The Morgan fingerprint density at radius 1 is 1.22 bits per heavy atom. The zero-order valence-electron chi connectivity index (χ0n) is 14.8. The summed E-state index contributed by atoms with van der Waals surface area (Å²) in [5.41, 5.74) is 0.752. The first-order valence-corrected chi connectivity index (χ1v) is 8.48. The van der Waals surface area contributed by atoms with Gasteiger partial charge in [-0.25, -0.2) is 0 Å². The number of carbonyl (C=O) groups excluding carboxylic acids is 2. The molecule has 27 heavy (non-hydrogen) atoms. The summed E-state index contributed by atoms with van der Waals surface area (Å²) in [4.78, 5) is 38.7. The summed E-state index contributed by atoms with van der Waals surface area (Å²) in [7, 11) is 1.48.